The maximum atomic E-state index is 10.8. The van der Waals surface area contributed by atoms with Crippen LogP contribution in [0.4, 0.5) is 5.82 Å². The molecule has 1 amide bonds. The van der Waals surface area contributed by atoms with Crippen LogP contribution in [-0.4, -0.2) is 5.91 Å². The number of nitrogens with zero attached hydrogens (tertiary/aromatic N) is 1. The molecule has 0 spiro atoms. The molecule has 0 unspecified atom stereocenters. The topological polar surface area (TPSA) is 33.0 Å². The SMILES string of the molecule is O=C1C[n+]2ccccc2N1.[Br-]. The summed E-state index contributed by atoms with van der Waals surface area (Å²) in [7, 11) is 0. The van der Waals surface area contributed by atoms with Gasteiger partial charge in [-0.25, -0.2) is 14.7 Å². The third kappa shape index (κ3) is 1.40. The van der Waals surface area contributed by atoms with E-state index >= 15 is 0 Å². The molecule has 3 nitrogen and oxygen atoms in total. The van der Waals surface area contributed by atoms with Gasteiger partial charge in [0.25, 0.3) is 5.82 Å². The first-order chi connectivity index (χ1) is 4.86. The van der Waals surface area contributed by atoms with E-state index in [2.05, 4.69) is 5.32 Å². The number of amides is 1. The van der Waals surface area contributed by atoms with E-state index in [1.807, 2.05) is 29.0 Å². The maximum absolute atomic E-state index is 10.8. The number of hydrogen-bond donors (Lipinski definition) is 1. The number of hydrogen-bond acceptors (Lipinski definition) is 1. The first-order valence-electron chi connectivity index (χ1n) is 3.14. The molecule has 58 valence electrons. The van der Waals surface area contributed by atoms with Gasteiger partial charge in [-0.05, 0) is 6.07 Å². The number of carbonyl (C=O) groups is 1. The summed E-state index contributed by atoms with van der Waals surface area (Å²) < 4.78 is 1.88. The molecule has 4 heteroatoms. The van der Waals surface area contributed by atoms with Crippen molar-refractivity contribution >= 4 is 11.7 Å². The Morgan fingerprint density at radius 3 is 3.00 bits per heavy atom. The smallest absolute Gasteiger partial charge is 0.349 e. The summed E-state index contributed by atoms with van der Waals surface area (Å²) in [5.41, 5.74) is 0. The number of rotatable bonds is 0. The molecule has 2 rings (SSSR count). The molecule has 1 aromatic heterocycles. The lowest BCUT2D eigenvalue weighted by atomic mass is 10.5. The fourth-order valence-electron chi connectivity index (χ4n) is 1.06. The molecule has 1 aliphatic rings. The zero-order valence-corrected chi connectivity index (χ0v) is 7.34. The van der Waals surface area contributed by atoms with Gasteiger partial charge in [0.1, 0.15) is 0 Å². The quantitative estimate of drug-likeness (QED) is 0.458. The van der Waals surface area contributed by atoms with Gasteiger partial charge in [-0.15, -0.1) is 0 Å². The van der Waals surface area contributed by atoms with E-state index < -0.39 is 0 Å². The zero-order chi connectivity index (χ0) is 6.97. The predicted molar refractivity (Wildman–Crippen MR) is 35.3 cm³/mol. The number of nitrogens with one attached hydrogen (secondary N) is 1. The van der Waals surface area contributed by atoms with Gasteiger partial charge < -0.3 is 17.0 Å². The summed E-state index contributed by atoms with van der Waals surface area (Å²) in [6, 6.07) is 5.69. The van der Waals surface area contributed by atoms with Gasteiger partial charge in [-0.1, -0.05) is 6.07 Å². The molecule has 0 aromatic carbocycles. The lowest BCUT2D eigenvalue weighted by molar-refractivity contribution is -0.663. The number of anilines is 1. The zero-order valence-electron chi connectivity index (χ0n) is 5.75. The van der Waals surface area contributed by atoms with Crippen molar-refractivity contribution in [3.05, 3.63) is 24.4 Å². The van der Waals surface area contributed by atoms with Gasteiger partial charge >= 0.3 is 5.91 Å². The normalized spacial score (nSPS) is 13.3. The Labute approximate surface area is 74.8 Å². The highest BCUT2D eigenvalue weighted by Gasteiger charge is 2.23. The Morgan fingerprint density at radius 2 is 2.27 bits per heavy atom. The van der Waals surface area contributed by atoms with Crippen molar-refractivity contribution in [3.8, 4) is 0 Å². The van der Waals surface area contributed by atoms with Crippen LogP contribution in [-0.2, 0) is 11.3 Å². The Balaban J connectivity index is 0.000000605. The lowest BCUT2D eigenvalue weighted by Crippen LogP contribution is -3.00. The van der Waals surface area contributed by atoms with Crippen molar-refractivity contribution in [2.75, 3.05) is 5.32 Å². The first kappa shape index (κ1) is 8.20. The van der Waals surface area contributed by atoms with Crippen LogP contribution in [0.15, 0.2) is 24.4 Å². The summed E-state index contributed by atoms with van der Waals surface area (Å²) in [5, 5.41) is 2.72. The number of pyridine rings is 1. The molecule has 1 aromatic rings. The molecule has 11 heavy (non-hydrogen) atoms. The Morgan fingerprint density at radius 1 is 1.45 bits per heavy atom. The van der Waals surface area contributed by atoms with Crippen molar-refractivity contribution < 1.29 is 26.3 Å². The molecule has 0 aliphatic carbocycles. The molecule has 2 heterocycles. The largest absolute Gasteiger partial charge is 1.00 e. The second-order valence-corrected chi connectivity index (χ2v) is 2.26. The lowest BCUT2D eigenvalue weighted by Gasteiger charge is -1.87. The highest BCUT2D eigenvalue weighted by atomic mass is 79.9. The molecule has 0 fully saturated rings. The van der Waals surface area contributed by atoms with E-state index in [0.717, 1.165) is 5.82 Å². The number of carbonyl (C=O) groups excluding carboxylic acids is 1. The van der Waals surface area contributed by atoms with E-state index in [0.29, 0.717) is 6.54 Å². The van der Waals surface area contributed by atoms with E-state index in [4.69, 9.17) is 0 Å². The summed E-state index contributed by atoms with van der Waals surface area (Å²) >= 11 is 0. The molecular weight excluding hydrogens is 208 g/mol. The standard InChI is InChI=1S/C7H6N2O.BrH/c10-7-5-9-4-2-1-3-6(9)8-7;/h1-4H,5H2;1H. The average Bonchev–Trinajstić information content (AvgIpc) is 2.27. The van der Waals surface area contributed by atoms with Crippen molar-refractivity contribution in [2.24, 2.45) is 0 Å². The van der Waals surface area contributed by atoms with E-state index in [1.54, 1.807) is 0 Å². The number of aromatic nitrogens is 1. The van der Waals surface area contributed by atoms with Crippen LogP contribution in [0.3, 0.4) is 0 Å². The van der Waals surface area contributed by atoms with Gasteiger partial charge in [-0.2, -0.15) is 0 Å². The number of fused-ring (bicyclic) bond motifs is 1. The minimum atomic E-state index is 0. The molecule has 0 radical (unpaired) electrons. The number of halogens is 1. The predicted octanol–water partition coefficient (Wildman–Crippen LogP) is -3.07. The van der Waals surface area contributed by atoms with Gasteiger partial charge in [0.05, 0.1) is 6.20 Å². The van der Waals surface area contributed by atoms with Crippen molar-refractivity contribution in [3.63, 3.8) is 0 Å². The van der Waals surface area contributed by atoms with Crippen LogP contribution in [0.25, 0.3) is 0 Å². The Kier molecular flexibility index (Phi) is 2.24. The highest BCUT2D eigenvalue weighted by molar-refractivity contribution is 5.90. The molecule has 0 bridgehead atoms. The molecule has 1 aliphatic heterocycles. The highest BCUT2D eigenvalue weighted by Crippen LogP contribution is 2.02. The van der Waals surface area contributed by atoms with Crippen molar-refractivity contribution in [1.29, 1.82) is 0 Å². The molecular formula is C7H7BrN2O. The Bertz CT molecular complexity index is 261. The minimum Gasteiger partial charge on any atom is -1.00 e. The average molecular weight is 215 g/mol. The van der Waals surface area contributed by atoms with Gasteiger partial charge in [-0.3, -0.25) is 0 Å². The molecule has 0 saturated carbocycles. The van der Waals surface area contributed by atoms with Crippen LogP contribution in [0.1, 0.15) is 0 Å². The van der Waals surface area contributed by atoms with Gasteiger partial charge in [0.2, 0.25) is 0 Å². The second kappa shape index (κ2) is 3.00. The first-order valence-corrected chi connectivity index (χ1v) is 3.14. The van der Waals surface area contributed by atoms with Crippen LogP contribution < -0.4 is 26.9 Å². The van der Waals surface area contributed by atoms with Crippen LogP contribution in [0.2, 0.25) is 0 Å². The van der Waals surface area contributed by atoms with E-state index in [-0.39, 0.29) is 22.9 Å². The van der Waals surface area contributed by atoms with E-state index in [9.17, 15) is 4.79 Å². The minimum absolute atomic E-state index is 0. The van der Waals surface area contributed by atoms with Crippen LogP contribution >= 0.6 is 0 Å². The van der Waals surface area contributed by atoms with Gasteiger partial charge in [0.15, 0.2) is 6.54 Å². The fraction of sp³-hybridized carbons (Fsp3) is 0.143. The van der Waals surface area contributed by atoms with Crippen molar-refractivity contribution in [2.45, 2.75) is 6.54 Å². The monoisotopic (exact) mass is 214 g/mol. The summed E-state index contributed by atoms with van der Waals surface area (Å²) in [6.45, 7) is 0.455. The summed E-state index contributed by atoms with van der Waals surface area (Å²) in [4.78, 5) is 10.8. The maximum Gasteiger partial charge on any atom is 0.349 e. The van der Waals surface area contributed by atoms with Crippen LogP contribution in [0, 0.1) is 0 Å². The second-order valence-electron chi connectivity index (χ2n) is 2.26. The summed E-state index contributed by atoms with van der Waals surface area (Å²) in [5.74, 6) is 0.943. The van der Waals surface area contributed by atoms with Gasteiger partial charge in [0, 0.05) is 6.07 Å². The molecule has 0 atom stereocenters. The third-order valence-electron chi connectivity index (χ3n) is 1.52. The third-order valence-corrected chi connectivity index (χ3v) is 1.52. The van der Waals surface area contributed by atoms with E-state index in [1.165, 1.54) is 0 Å². The van der Waals surface area contributed by atoms with Crippen LogP contribution in [0.5, 0.6) is 0 Å². The summed E-state index contributed by atoms with van der Waals surface area (Å²) in [6.07, 6.45) is 1.88. The fourth-order valence-corrected chi connectivity index (χ4v) is 1.06. The molecule has 1 N–H and O–H groups in total. The van der Waals surface area contributed by atoms with Crippen molar-refractivity contribution in [1.82, 2.24) is 0 Å². The molecule has 0 saturated heterocycles. The Hall–Kier alpha value is -0.900.